The maximum atomic E-state index is 10.7. The summed E-state index contributed by atoms with van der Waals surface area (Å²) in [6.45, 7) is 5.68. The van der Waals surface area contributed by atoms with Crippen molar-refractivity contribution in [1.29, 1.82) is 0 Å². The van der Waals surface area contributed by atoms with Crippen LogP contribution in [0.3, 0.4) is 0 Å². The van der Waals surface area contributed by atoms with Gasteiger partial charge < -0.3 is 10.2 Å². The quantitative estimate of drug-likeness (QED) is 0.440. The molecule has 4 heteroatoms. The molecule has 0 aromatic heterocycles. The summed E-state index contributed by atoms with van der Waals surface area (Å²) in [5.74, 6) is 0.159. The van der Waals surface area contributed by atoms with Crippen molar-refractivity contribution in [2.75, 3.05) is 13.2 Å². The number of hydrogen-bond acceptors (Lipinski definition) is 4. The van der Waals surface area contributed by atoms with Crippen molar-refractivity contribution in [1.82, 2.24) is 5.06 Å². The molecular formula is C27H33NO3. The molecule has 4 nitrogen and oxygen atoms in total. The third kappa shape index (κ3) is 5.05. The van der Waals surface area contributed by atoms with Gasteiger partial charge in [0.25, 0.3) is 0 Å². The smallest absolute Gasteiger partial charge is 0.118 e. The summed E-state index contributed by atoms with van der Waals surface area (Å²) >= 11 is 0. The van der Waals surface area contributed by atoms with Crippen molar-refractivity contribution in [3.8, 4) is 0 Å². The first-order valence-electron chi connectivity index (χ1n) is 10.9. The van der Waals surface area contributed by atoms with Crippen LogP contribution in [-0.4, -0.2) is 28.5 Å². The van der Waals surface area contributed by atoms with Gasteiger partial charge in [0.05, 0.1) is 19.3 Å². The summed E-state index contributed by atoms with van der Waals surface area (Å²) in [6, 6.07) is 29.6. The van der Waals surface area contributed by atoms with E-state index in [9.17, 15) is 10.2 Å². The van der Waals surface area contributed by atoms with E-state index in [1.165, 1.54) is 0 Å². The van der Waals surface area contributed by atoms with E-state index >= 15 is 0 Å². The monoisotopic (exact) mass is 419 g/mol. The molecule has 3 rings (SSSR count). The molecule has 0 bridgehead atoms. The van der Waals surface area contributed by atoms with Gasteiger partial charge in [-0.25, -0.2) is 0 Å². The minimum atomic E-state index is -1.12. The molecule has 2 atom stereocenters. The molecule has 3 aromatic carbocycles. The Morgan fingerprint density at radius 3 is 1.61 bits per heavy atom. The van der Waals surface area contributed by atoms with Gasteiger partial charge in [-0.15, -0.1) is 0 Å². The molecule has 0 aliphatic carbocycles. The van der Waals surface area contributed by atoms with Gasteiger partial charge in [0.1, 0.15) is 11.6 Å². The summed E-state index contributed by atoms with van der Waals surface area (Å²) < 4.78 is 0. The predicted octanol–water partition coefficient (Wildman–Crippen LogP) is 5.26. The maximum Gasteiger partial charge on any atom is 0.118 e. The topological polar surface area (TPSA) is 52.9 Å². The third-order valence-electron chi connectivity index (χ3n) is 5.82. The Hall–Kier alpha value is -2.50. The number of benzene rings is 3. The second-order valence-corrected chi connectivity index (χ2v) is 8.30. The maximum absolute atomic E-state index is 10.7. The zero-order chi connectivity index (χ0) is 22.3. The number of aliphatic hydroxyl groups excluding tert-OH is 2. The number of nitrogens with zero attached hydrogens (tertiary/aromatic N) is 1. The number of aliphatic hydroxyl groups is 2. The Morgan fingerprint density at radius 1 is 0.710 bits per heavy atom. The lowest BCUT2D eigenvalue weighted by molar-refractivity contribution is -0.301. The van der Waals surface area contributed by atoms with Crippen molar-refractivity contribution in [2.45, 2.75) is 38.5 Å². The number of rotatable bonds is 10. The molecule has 2 N–H and O–H groups in total. The second-order valence-electron chi connectivity index (χ2n) is 8.30. The minimum Gasteiger partial charge on any atom is -0.394 e. The van der Waals surface area contributed by atoms with E-state index in [0.29, 0.717) is 0 Å². The van der Waals surface area contributed by atoms with Crippen LogP contribution in [0.1, 0.15) is 49.6 Å². The Labute approximate surface area is 185 Å². The van der Waals surface area contributed by atoms with E-state index in [1.807, 2.05) is 90.8 Å². The molecule has 2 unspecified atom stereocenters. The van der Waals surface area contributed by atoms with Crippen LogP contribution in [0.5, 0.6) is 0 Å². The minimum absolute atomic E-state index is 0.159. The fourth-order valence-electron chi connectivity index (χ4n) is 4.08. The van der Waals surface area contributed by atoms with Crippen LogP contribution >= 0.6 is 0 Å². The summed E-state index contributed by atoms with van der Waals surface area (Å²) in [6.07, 6.45) is -0.271. The van der Waals surface area contributed by atoms with Gasteiger partial charge in [0.2, 0.25) is 0 Å². The molecule has 164 valence electrons. The van der Waals surface area contributed by atoms with Crippen LogP contribution < -0.4 is 0 Å². The van der Waals surface area contributed by atoms with Crippen molar-refractivity contribution in [3.05, 3.63) is 108 Å². The van der Waals surface area contributed by atoms with E-state index in [0.717, 1.165) is 16.7 Å². The Morgan fingerprint density at radius 2 is 1.16 bits per heavy atom. The van der Waals surface area contributed by atoms with Gasteiger partial charge in [-0.1, -0.05) is 105 Å². The standard InChI is InChI=1S/C27H33NO3/c1-21(2)26(24-15-9-5-10-16-24)28(31-22(3)23-13-7-4-8-14-23)27(19-29,20-30)25-17-11-6-12-18-25/h4-18,21-22,26,29-30H,19-20H2,1-3H3. The molecule has 0 radical (unpaired) electrons. The van der Waals surface area contributed by atoms with E-state index in [2.05, 4.69) is 26.0 Å². The van der Waals surface area contributed by atoms with Crippen molar-refractivity contribution < 1.29 is 15.1 Å². The Bertz CT molecular complexity index is 896. The molecular weight excluding hydrogens is 386 g/mol. The molecule has 3 aromatic rings. The van der Waals surface area contributed by atoms with E-state index in [1.54, 1.807) is 0 Å². The van der Waals surface area contributed by atoms with Gasteiger partial charge in [0.15, 0.2) is 0 Å². The average molecular weight is 420 g/mol. The average Bonchev–Trinajstić information content (AvgIpc) is 2.82. The highest BCUT2D eigenvalue weighted by Crippen LogP contribution is 2.41. The lowest BCUT2D eigenvalue weighted by atomic mass is 9.86. The molecule has 0 heterocycles. The third-order valence-corrected chi connectivity index (χ3v) is 5.82. The first kappa shape index (κ1) is 23.2. The zero-order valence-corrected chi connectivity index (χ0v) is 18.6. The van der Waals surface area contributed by atoms with Crippen molar-refractivity contribution >= 4 is 0 Å². The zero-order valence-electron chi connectivity index (χ0n) is 18.6. The largest absolute Gasteiger partial charge is 0.394 e. The van der Waals surface area contributed by atoms with E-state index in [-0.39, 0.29) is 31.3 Å². The van der Waals surface area contributed by atoms with Crippen molar-refractivity contribution in [3.63, 3.8) is 0 Å². The summed E-state index contributed by atoms with van der Waals surface area (Å²) in [5, 5.41) is 23.2. The van der Waals surface area contributed by atoms with E-state index in [4.69, 9.17) is 4.84 Å². The molecule has 31 heavy (non-hydrogen) atoms. The van der Waals surface area contributed by atoms with E-state index < -0.39 is 5.54 Å². The van der Waals surface area contributed by atoms with Crippen molar-refractivity contribution in [2.24, 2.45) is 5.92 Å². The first-order chi connectivity index (χ1) is 15.0. The highest BCUT2D eigenvalue weighted by atomic mass is 16.7. The molecule has 0 spiro atoms. The van der Waals surface area contributed by atoms with Crippen LogP contribution in [0.2, 0.25) is 0 Å². The van der Waals surface area contributed by atoms with Gasteiger partial charge in [-0.3, -0.25) is 4.84 Å². The lowest BCUT2D eigenvalue weighted by Crippen LogP contribution is -2.54. The SMILES string of the molecule is CC(ON(C(c1ccccc1)C(C)C)C(CO)(CO)c1ccccc1)c1ccccc1. The van der Waals surface area contributed by atoms with Gasteiger partial charge in [-0.05, 0) is 29.5 Å². The van der Waals surface area contributed by atoms with Crippen LogP contribution in [0.4, 0.5) is 0 Å². The van der Waals surface area contributed by atoms with Crippen LogP contribution in [-0.2, 0) is 10.4 Å². The fourth-order valence-corrected chi connectivity index (χ4v) is 4.08. The second kappa shape index (κ2) is 10.7. The lowest BCUT2D eigenvalue weighted by Gasteiger charge is -2.47. The molecule has 0 aliphatic rings. The molecule has 0 saturated carbocycles. The molecule has 0 saturated heterocycles. The molecule has 0 aliphatic heterocycles. The van der Waals surface area contributed by atoms with Gasteiger partial charge >= 0.3 is 0 Å². The number of hydroxylamine groups is 2. The van der Waals surface area contributed by atoms with Crippen LogP contribution in [0, 0.1) is 5.92 Å². The molecule has 0 fully saturated rings. The molecule has 0 amide bonds. The Kier molecular flexibility index (Phi) is 7.99. The Balaban J connectivity index is 2.14. The highest BCUT2D eigenvalue weighted by Gasteiger charge is 2.45. The fraction of sp³-hybridized carbons (Fsp3) is 0.333. The summed E-state index contributed by atoms with van der Waals surface area (Å²) in [5.41, 5.74) is 1.79. The van der Waals surface area contributed by atoms with Crippen LogP contribution in [0.15, 0.2) is 91.0 Å². The predicted molar refractivity (Wildman–Crippen MR) is 124 cm³/mol. The highest BCUT2D eigenvalue weighted by molar-refractivity contribution is 5.27. The normalized spacial score (nSPS) is 14.0. The van der Waals surface area contributed by atoms with Gasteiger partial charge in [0, 0.05) is 0 Å². The number of hydrogen-bond donors (Lipinski definition) is 2. The van der Waals surface area contributed by atoms with Crippen LogP contribution in [0.25, 0.3) is 0 Å². The summed E-state index contributed by atoms with van der Waals surface area (Å²) in [4.78, 5) is 6.63. The first-order valence-corrected chi connectivity index (χ1v) is 10.9. The summed E-state index contributed by atoms with van der Waals surface area (Å²) in [7, 11) is 0. The van der Waals surface area contributed by atoms with Gasteiger partial charge in [-0.2, -0.15) is 5.06 Å².